The zero-order valence-corrected chi connectivity index (χ0v) is 15.8. The lowest BCUT2D eigenvalue weighted by atomic mass is 10.2. The number of aliphatic imine (C=N–C) groups is 1. The topological polar surface area (TPSA) is 30.8 Å². The SMILES string of the molecule is CCOc1cc(C2=NCCS2)cc(Cl)c1OCc1ccc(F)cc1Cl. The molecule has 1 heterocycles. The average Bonchev–Trinajstić information content (AvgIpc) is 3.10. The standard InChI is InChI=1S/C18H16Cl2FNO2S/c1-2-23-16-8-12(18-22-5-6-25-18)7-15(20)17(16)24-10-11-3-4-13(21)9-14(11)19/h3-4,7-9H,2,5-6,10H2,1H3. The van der Waals surface area contributed by atoms with E-state index in [0.29, 0.717) is 33.7 Å². The van der Waals surface area contributed by atoms with Crippen molar-refractivity contribution in [3.05, 3.63) is 57.3 Å². The molecule has 0 saturated heterocycles. The highest BCUT2D eigenvalue weighted by Crippen LogP contribution is 2.39. The van der Waals surface area contributed by atoms with Gasteiger partial charge in [0.25, 0.3) is 0 Å². The molecule has 132 valence electrons. The van der Waals surface area contributed by atoms with Crippen LogP contribution in [0.1, 0.15) is 18.1 Å². The van der Waals surface area contributed by atoms with Crippen LogP contribution in [0.5, 0.6) is 11.5 Å². The summed E-state index contributed by atoms with van der Waals surface area (Å²) in [6, 6.07) is 7.89. The Morgan fingerprint density at radius 1 is 1.16 bits per heavy atom. The van der Waals surface area contributed by atoms with Gasteiger partial charge in [-0.1, -0.05) is 29.3 Å². The highest BCUT2D eigenvalue weighted by atomic mass is 35.5. The van der Waals surface area contributed by atoms with E-state index in [-0.39, 0.29) is 12.4 Å². The largest absolute Gasteiger partial charge is 0.490 e. The Bertz CT molecular complexity index is 814. The van der Waals surface area contributed by atoms with Gasteiger partial charge in [0.15, 0.2) is 11.5 Å². The van der Waals surface area contributed by atoms with Gasteiger partial charge in [-0.15, -0.1) is 11.8 Å². The van der Waals surface area contributed by atoms with Gasteiger partial charge in [-0.25, -0.2) is 4.39 Å². The summed E-state index contributed by atoms with van der Waals surface area (Å²) in [7, 11) is 0. The maximum absolute atomic E-state index is 13.2. The molecule has 1 aliphatic heterocycles. The molecule has 3 nitrogen and oxygen atoms in total. The molecular formula is C18H16Cl2FNO2S. The lowest BCUT2D eigenvalue weighted by Gasteiger charge is -2.15. The van der Waals surface area contributed by atoms with Crippen LogP contribution in [0, 0.1) is 5.82 Å². The summed E-state index contributed by atoms with van der Waals surface area (Å²) >= 11 is 14.2. The van der Waals surface area contributed by atoms with E-state index >= 15 is 0 Å². The second-order valence-corrected chi connectivity index (χ2v) is 7.18. The van der Waals surface area contributed by atoms with Gasteiger partial charge in [0.2, 0.25) is 0 Å². The highest BCUT2D eigenvalue weighted by molar-refractivity contribution is 8.14. The zero-order valence-electron chi connectivity index (χ0n) is 13.5. The fraction of sp³-hybridized carbons (Fsp3) is 0.278. The Morgan fingerprint density at radius 2 is 2.00 bits per heavy atom. The van der Waals surface area contributed by atoms with Gasteiger partial charge < -0.3 is 9.47 Å². The molecule has 2 aromatic carbocycles. The molecule has 7 heteroatoms. The molecule has 25 heavy (non-hydrogen) atoms. The molecule has 0 spiro atoms. The smallest absolute Gasteiger partial charge is 0.180 e. The van der Waals surface area contributed by atoms with E-state index in [1.54, 1.807) is 17.8 Å². The lowest BCUT2D eigenvalue weighted by Crippen LogP contribution is -2.03. The summed E-state index contributed by atoms with van der Waals surface area (Å²) < 4.78 is 24.7. The van der Waals surface area contributed by atoms with Crippen molar-refractivity contribution in [3.63, 3.8) is 0 Å². The van der Waals surface area contributed by atoms with Crippen molar-refractivity contribution in [3.8, 4) is 11.5 Å². The van der Waals surface area contributed by atoms with Gasteiger partial charge in [-0.3, -0.25) is 4.99 Å². The molecule has 0 saturated carbocycles. The third-order valence-corrected chi connectivity index (χ3v) is 5.19. The molecule has 0 unspecified atom stereocenters. The molecule has 0 bridgehead atoms. The first-order valence-electron chi connectivity index (χ1n) is 7.79. The first kappa shape index (κ1) is 18.4. The molecule has 3 rings (SSSR count). The number of ether oxygens (including phenoxy) is 2. The van der Waals surface area contributed by atoms with E-state index in [1.807, 2.05) is 19.1 Å². The Morgan fingerprint density at radius 3 is 2.68 bits per heavy atom. The molecular weight excluding hydrogens is 384 g/mol. The molecule has 0 atom stereocenters. The van der Waals surface area contributed by atoms with Crippen LogP contribution < -0.4 is 9.47 Å². The van der Waals surface area contributed by atoms with Gasteiger partial charge >= 0.3 is 0 Å². The molecule has 0 amide bonds. The van der Waals surface area contributed by atoms with Gasteiger partial charge in [0, 0.05) is 23.4 Å². The van der Waals surface area contributed by atoms with E-state index in [9.17, 15) is 4.39 Å². The number of halogens is 3. The zero-order chi connectivity index (χ0) is 17.8. The maximum Gasteiger partial charge on any atom is 0.180 e. The van der Waals surface area contributed by atoms with Crippen LogP contribution in [-0.2, 0) is 6.61 Å². The van der Waals surface area contributed by atoms with E-state index < -0.39 is 0 Å². The second-order valence-electron chi connectivity index (χ2n) is 5.28. The minimum atomic E-state index is -0.388. The molecule has 0 aromatic heterocycles. The highest BCUT2D eigenvalue weighted by Gasteiger charge is 2.18. The van der Waals surface area contributed by atoms with E-state index in [0.717, 1.165) is 22.9 Å². The molecule has 0 N–H and O–H groups in total. The van der Waals surface area contributed by atoms with Crippen molar-refractivity contribution in [2.24, 2.45) is 4.99 Å². The molecule has 0 aliphatic carbocycles. The predicted octanol–water partition coefficient (Wildman–Crippen LogP) is 5.60. The first-order chi connectivity index (χ1) is 12.1. The minimum absolute atomic E-state index is 0.161. The van der Waals surface area contributed by atoms with Gasteiger partial charge in [-0.05, 0) is 31.2 Å². The Balaban J connectivity index is 1.86. The van der Waals surface area contributed by atoms with Gasteiger partial charge in [0.05, 0.1) is 21.7 Å². The quantitative estimate of drug-likeness (QED) is 0.632. The van der Waals surface area contributed by atoms with Gasteiger partial charge in [0.1, 0.15) is 12.4 Å². The number of hydrogen-bond acceptors (Lipinski definition) is 4. The third-order valence-electron chi connectivity index (χ3n) is 3.53. The Kier molecular flexibility index (Phi) is 6.10. The summed E-state index contributed by atoms with van der Waals surface area (Å²) in [5.41, 5.74) is 1.59. The van der Waals surface area contributed by atoms with Crippen molar-refractivity contribution >= 4 is 40.0 Å². The number of nitrogens with zero attached hydrogens (tertiary/aromatic N) is 1. The summed E-state index contributed by atoms with van der Waals surface area (Å²) in [5.74, 6) is 1.58. The summed E-state index contributed by atoms with van der Waals surface area (Å²) in [4.78, 5) is 4.46. The lowest BCUT2D eigenvalue weighted by molar-refractivity contribution is 0.269. The number of rotatable bonds is 6. The summed E-state index contributed by atoms with van der Waals surface area (Å²) in [6.07, 6.45) is 0. The monoisotopic (exact) mass is 399 g/mol. The van der Waals surface area contributed by atoms with Gasteiger partial charge in [-0.2, -0.15) is 0 Å². The minimum Gasteiger partial charge on any atom is -0.490 e. The fourth-order valence-electron chi connectivity index (χ4n) is 2.39. The van der Waals surface area contributed by atoms with Crippen LogP contribution in [0.4, 0.5) is 4.39 Å². The first-order valence-corrected chi connectivity index (χ1v) is 9.53. The van der Waals surface area contributed by atoms with Crippen molar-refractivity contribution < 1.29 is 13.9 Å². The van der Waals surface area contributed by atoms with Crippen LogP contribution in [0.15, 0.2) is 35.3 Å². The maximum atomic E-state index is 13.2. The number of thioether (sulfide) groups is 1. The predicted molar refractivity (Wildman–Crippen MR) is 102 cm³/mol. The fourth-order valence-corrected chi connectivity index (χ4v) is 3.72. The number of hydrogen-bond donors (Lipinski definition) is 0. The summed E-state index contributed by atoms with van der Waals surface area (Å²) in [5, 5.41) is 1.70. The van der Waals surface area contributed by atoms with Crippen LogP contribution in [0.3, 0.4) is 0 Å². The molecule has 0 radical (unpaired) electrons. The third kappa shape index (κ3) is 4.40. The van der Waals surface area contributed by atoms with E-state index in [4.69, 9.17) is 32.7 Å². The normalized spacial score (nSPS) is 13.7. The molecule has 2 aromatic rings. The number of benzene rings is 2. The van der Waals surface area contributed by atoms with E-state index in [1.165, 1.54) is 12.1 Å². The van der Waals surface area contributed by atoms with E-state index in [2.05, 4.69) is 4.99 Å². The van der Waals surface area contributed by atoms with Crippen LogP contribution in [-0.4, -0.2) is 23.9 Å². The molecule has 0 fully saturated rings. The van der Waals surface area contributed by atoms with Crippen molar-refractivity contribution in [2.45, 2.75) is 13.5 Å². The van der Waals surface area contributed by atoms with Crippen LogP contribution >= 0.6 is 35.0 Å². The van der Waals surface area contributed by atoms with Crippen molar-refractivity contribution in [1.82, 2.24) is 0 Å². The average molecular weight is 400 g/mol. The van der Waals surface area contributed by atoms with Crippen molar-refractivity contribution in [2.75, 3.05) is 18.9 Å². The Hall–Kier alpha value is -1.43. The summed E-state index contributed by atoms with van der Waals surface area (Å²) in [6.45, 7) is 3.34. The van der Waals surface area contributed by atoms with Crippen LogP contribution in [0.2, 0.25) is 10.0 Å². The Labute approximate surface area is 160 Å². The van der Waals surface area contributed by atoms with Crippen molar-refractivity contribution in [1.29, 1.82) is 0 Å². The second kappa shape index (κ2) is 8.30. The van der Waals surface area contributed by atoms with Crippen LogP contribution in [0.25, 0.3) is 0 Å². The molecule has 1 aliphatic rings.